The summed E-state index contributed by atoms with van der Waals surface area (Å²) in [4.78, 5) is 6.99. The van der Waals surface area contributed by atoms with Crippen molar-refractivity contribution in [1.29, 1.82) is 0 Å². The lowest BCUT2D eigenvalue weighted by molar-refractivity contribution is 0.212. The number of benzene rings is 2. The molecule has 30 heavy (non-hydrogen) atoms. The lowest BCUT2D eigenvalue weighted by Crippen LogP contribution is -2.30. The first-order chi connectivity index (χ1) is 14.5. The second-order valence-electron chi connectivity index (χ2n) is 8.46. The molecule has 0 aliphatic carbocycles. The Hall–Kier alpha value is -2.66. The van der Waals surface area contributed by atoms with Gasteiger partial charge in [0.1, 0.15) is 11.6 Å². The molecule has 1 aliphatic heterocycles. The molecule has 0 atom stereocenters. The third-order valence-corrected chi connectivity index (χ3v) is 6.35. The zero-order valence-electron chi connectivity index (χ0n) is 17.8. The van der Waals surface area contributed by atoms with Crippen LogP contribution < -0.4 is 10.5 Å². The lowest BCUT2D eigenvalue weighted by Gasteiger charge is -2.29. The summed E-state index contributed by atoms with van der Waals surface area (Å²) in [5, 5.41) is 1.01. The minimum Gasteiger partial charge on any atom is -0.496 e. The molecule has 1 aromatic heterocycles. The Morgan fingerprint density at radius 2 is 1.90 bits per heavy atom. The molecule has 0 saturated carbocycles. The van der Waals surface area contributed by atoms with Crippen molar-refractivity contribution >= 4 is 16.6 Å². The average Bonchev–Trinajstić information content (AvgIpc) is 2.75. The highest BCUT2D eigenvalue weighted by Gasteiger charge is 2.18. The second-order valence-corrected chi connectivity index (χ2v) is 8.46. The highest BCUT2D eigenvalue weighted by molar-refractivity contribution is 5.85. The van der Waals surface area contributed by atoms with Gasteiger partial charge in [0.15, 0.2) is 0 Å². The van der Waals surface area contributed by atoms with Crippen molar-refractivity contribution in [2.75, 3.05) is 33.0 Å². The maximum Gasteiger partial charge on any atom is 0.128 e. The molecule has 0 radical (unpaired) electrons. The van der Waals surface area contributed by atoms with Crippen LogP contribution in [0.2, 0.25) is 0 Å². The largest absolute Gasteiger partial charge is 0.496 e. The van der Waals surface area contributed by atoms with Gasteiger partial charge in [-0.05, 0) is 98.8 Å². The van der Waals surface area contributed by atoms with Crippen LogP contribution in [0.25, 0.3) is 10.9 Å². The number of halogens is 1. The lowest BCUT2D eigenvalue weighted by atomic mass is 9.90. The number of rotatable bonds is 6. The van der Waals surface area contributed by atoms with Crippen molar-refractivity contribution in [2.45, 2.75) is 32.1 Å². The molecule has 4 rings (SSSR count). The maximum absolute atomic E-state index is 14.3. The Morgan fingerprint density at radius 1 is 1.10 bits per heavy atom. The van der Waals surface area contributed by atoms with Gasteiger partial charge in [-0.15, -0.1) is 0 Å². The van der Waals surface area contributed by atoms with E-state index in [0.29, 0.717) is 17.7 Å². The van der Waals surface area contributed by atoms with Crippen LogP contribution in [-0.4, -0.2) is 37.1 Å². The molecule has 0 bridgehead atoms. The van der Waals surface area contributed by atoms with Crippen LogP contribution >= 0.6 is 0 Å². The first kappa shape index (κ1) is 20.6. The topological polar surface area (TPSA) is 51.4 Å². The van der Waals surface area contributed by atoms with E-state index in [1.807, 2.05) is 6.07 Å². The summed E-state index contributed by atoms with van der Waals surface area (Å²) in [6, 6.07) is 11.0. The van der Waals surface area contributed by atoms with Crippen LogP contribution in [0.15, 0.2) is 42.6 Å². The quantitative estimate of drug-likeness (QED) is 0.595. The number of hydrogen-bond donors (Lipinski definition) is 1. The molecule has 158 valence electrons. The Balaban J connectivity index is 1.58. The van der Waals surface area contributed by atoms with Gasteiger partial charge in [0.25, 0.3) is 0 Å². The van der Waals surface area contributed by atoms with E-state index in [9.17, 15) is 4.39 Å². The van der Waals surface area contributed by atoms with Gasteiger partial charge in [0, 0.05) is 23.7 Å². The number of fused-ring (bicyclic) bond motifs is 1. The van der Waals surface area contributed by atoms with Crippen molar-refractivity contribution in [3.8, 4) is 5.75 Å². The molecule has 0 unspecified atom stereocenters. The summed E-state index contributed by atoms with van der Waals surface area (Å²) in [7, 11) is 3.91. The molecule has 2 heterocycles. The Kier molecular flexibility index (Phi) is 6.18. The third-order valence-electron chi connectivity index (χ3n) is 6.35. The predicted octanol–water partition coefficient (Wildman–Crippen LogP) is 4.83. The van der Waals surface area contributed by atoms with Crippen molar-refractivity contribution < 1.29 is 9.13 Å². The smallest absolute Gasteiger partial charge is 0.128 e. The summed E-state index contributed by atoms with van der Waals surface area (Å²) in [6.07, 6.45) is 6.99. The molecule has 0 amide bonds. The van der Waals surface area contributed by atoms with Crippen LogP contribution in [0.4, 0.5) is 10.1 Å². The Bertz CT molecular complexity index is 1030. The molecule has 0 spiro atoms. The number of nitrogen functional groups attached to an aromatic ring is 1. The standard InChI is InChI=1S/C25H30FN3O/c1-29-11-8-17(9-12-29)3-4-20-14-24-22(16-25(20)30-2)18(7-10-28-24)13-19-5-6-21(27)15-23(19)26/h5-7,10,14-17H,3-4,8-9,11-13,27H2,1-2H3. The van der Waals surface area contributed by atoms with Crippen LogP contribution in [0, 0.1) is 11.7 Å². The number of aryl methyl sites for hydroxylation is 1. The number of nitrogens with zero attached hydrogens (tertiary/aromatic N) is 2. The molecule has 5 heteroatoms. The summed E-state index contributed by atoms with van der Waals surface area (Å²) in [5.74, 6) is 1.39. The molecule has 1 saturated heterocycles. The molecular formula is C25H30FN3O. The van der Waals surface area contributed by atoms with E-state index in [1.54, 1.807) is 25.4 Å². The highest BCUT2D eigenvalue weighted by Crippen LogP contribution is 2.31. The summed E-state index contributed by atoms with van der Waals surface area (Å²) < 4.78 is 20.1. The SMILES string of the molecule is COc1cc2c(Cc3ccc(N)cc3F)ccnc2cc1CCC1CCN(C)CC1. The van der Waals surface area contributed by atoms with Gasteiger partial charge >= 0.3 is 0 Å². The fourth-order valence-corrected chi connectivity index (χ4v) is 4.43. The van der Waals surface area contributed by atoms with Gasteiger partial charge in [-0.3, -0.25) is 4.98 Å². The predicted molar refractivity (Wildman–Crippen MR) is 120 cm³/mol. The van der Waals surface area contributed by atoms with E-state index in [0.717, 1.165) is 34.6 Å². The van der Waals surface area contributed by atoms with E-state index in [2.05, 4.69) is 29.1 Å². The fraction of sp³-hybridized carbons (Fsp3) is 0.400. The van der Waals surface area contributed by atoms with Crippen molar-refractivity contribution in [3.63, 3.8) is 0 Å². The molecule has 1 aliphatic rings. The summed E-state index contributed by atoms with van der Waals surface area (Å²) in [5.41, 5.74) is 9.92. The number of methoxy groups -OCH3 is 1. The van der Waals surface area contributed by atoms with Gasteiger partial charge in [-0.25, -0.2) is 4.39 Å². The zero-order valence-corrected chi connectivity index (χ0v) is 17.8. The number of aromatic nitrogens is 1. The van der Waals surface area contributed by atoms with Gasteiger partial charge in [0.2, 0.25) is 0 Å². The van der Waals surface area contributed by atoms with E-state index in [-0.39, 0.29) is 5.82 Å². The first-order valence-corrected chi connectivity index (χ1v) is 10.7. The first-order valence-electron chi connectivity index (χ1n) is 10.7. The average molecular weight is 408 g/mol. The van der Waals surface area contributed by atoms with Gasteiger partial charge in [0.05, 0.1) is 12.6 Å². The number of likely N-dealkylation sites (tertiary alicyclic amines) is 1. The van der Waals surface area contributed by atoms with Crippen LogP contribution in [0.3, 0.4) is 0 Å². The monoisotopic (exact) mass is 407 g/mol. The minimum absolute atomic E-state index is 0.276. The summed E-state index contributed by atoms with van der Waals surface area (Å²) >= 11 is 0. The van der Waals surface area contributed by atoms with Gasteiger partial charge in [-0.2, -0.15) is 0 Å². The Labute approximate surface area is 177 Å². The van der Waals surface area contributed by atoms with E-state index in [4.69, 9.17) is 10.5 Å². The Morgan fingerprint density at radius 3 is 2.63 bits per heavy atom. The normalized spacial score (nSPS) is 15.6. The number of piperidine rings is 1. The number of anilines is 1. The van der Waals surface area contributed by atoms with Crippen LogP contribution in [0.5, 0.6) is 5.75 Å². The van der Waals surface area contributed by atoms with Gasteiger partial charge < -0.3 is 15.4 Å². The van der Waals surface area contributed by atoms with E-state index in [1.165, 1.54) is 44.0 Å². The highest BCUT2D eigenvalue weighted by atomic mass is 19.1. The van der Waals surface area contributed by atoms with Crippen molar-refractivity contribution in [2.24, 2.45) is 5.92 Å². The van der Waals surface area contributed by atoms with Gasteiger partial charge in [-0.1, -0.05) is 6.07 Å². The number of ether oxygens (including phenoxy) is 1. The molecule has 2 aromatic carbocycles. The number of hydrogen-bond acceptors (Lipinski definition) is 4. The maximum atomic E-state index is 14.3. The van der Waals surface area contributed by atoms with Crippen LogP contribution in [-0.2, 0) is 12.8 Å². The van der Waals surface area contributed by atoms with E-state index < -0.39 is 0 Å². The van der Waals surface area contributed by atoms with Crippen molar-refractivity contribution in [3.05, 3.63) is 65.1 Å². The second kappa shape index (κ2) is 9.00. The van der Waals surface area contributed by atoms with Crippen molar-refractivity contribution in [1.82, 2.24) is 9.88 Å². The number of nitrogens with two attached hydrogens (primary N) is 1. The molecule has 4 nitrogen and oxygen atoms in total. The minimum atomic E-state index is -0.276. The molecule has 3 aromatic rings. The molecule has 2 N–H and O–H groups in total. The molecular weight excluding hydrogens is 377 g/mol. The number of pyridine rings is 1. The van der Waals surface area contributed by atoms with Crippen LogP contribution in [0.1, 0.15) is 36.0 Å². The zero-order chi connectivity index (χ0) is 21.1. The van der Waals surface area contributed by atoms with E-state index >= 15 is 0 Å². The molecule has 1 fully saturated rings. The fourth-order valence-electron chi connectivity index (χ4n) is 4.43. The summed E-state index contributed by atoms with van der Waals surface area (Å²) in [6.45, 7) is 2.37. The third kappa shape index (κ3) is 4.57.